The van der Waals surface area contributed by atoms with Gasteiger partial charge in [0.1, 0.15) is 0 Å². The lowest BCUT2D eigenvalue weighted by Gasteiger charge is -2.27. The molecule has 1 N–H and O–H groups in total. The molecule has 1 aliphatic heterocycles. The van der Waals surface area contributed by atoms with Crippen LogP contribution in [0.1, 0.15) is 24.8 Å². The summed E-state index contributed by atoms with van der Waals surface area (Å²) in [5.74, 6) is 1.46. The van der Waals surface area contributed by atoms with Crippen molar-refractivity contribution in [1.82, 2.24) is 20.3 Å². The summed E-state index contributed by atoms with van der Waals surface area (Å²) < 4.78 is 0. The van der Waals surface area contributed by atoms with Gasteiger partial charge in [-0.1, -0.05) is 18.3 Å². The fourth-order valence-corrected chi connectivity index (χ4v) is 3.62. The Morgan fingerprint density at radius 3 is 3.11 bits per heavy atom. The van der Waals surface area contributed by atoms with Crippen molar-refractivity contribution >= 4 is 21.8 Å². The second-order valence-electron chi connectivity index (χ2n) is 5.08. The summed E-state index contributed by atoms with van der Waals surface area (Å²) in [6.07, 6.45) is 7.14. The van der Waals surface area contributed by atoms with Gasteiger partial charge in [0.05, 0.1) is 5.01 Å². The number of hydrogen-bond donors (Lipinski definition) is 1. The van der Waals surface area contributed by atoms with Gasteiger partial charge >= 0.3 is 0 Å². The molecule has 2 aromatic rings. The number of rotatable bonds is 3. The average Bonchev–Trinajstić information content (AvgIpc) is 2.82. The van der Waals surface area contributed by atoms with E-state index in [0.717, 1.165) is 29.4 Å². The van der Waals surface area contributed by atoms with Gasteiger partial charge in [-0.25, -0.2) is 15.0 Å². The number of piperidine rings is 1. The van der Waals surface area contributed by atoms with Crippen LogP contribution < -0.4 is 5.32 Å². The van der Waals surface area contributed by atoms with Crippen LogP contribution in [0.5, 0.6) is 0 Å². The van der Waals surface area contributed by atoms with E-state index in [-0.39, 0.29) is 0 Å². The normalized spacial score (nSPS) is 22.2. The van der Waals surface area contributed by atoms with Crippen molar-refractivity contribution in [3.8, 4) is 0 Å². The minimum Gasteiger partial charge on any atom is -0.316 e. The van der Waals surface area contributed by atoms with Gasteiger partial charge < -0.3 is 5.32 Å². The van der Waals surface area contributed by atoms with Gasteiger partial charge in [-0.15, -0.1) is 0 Å². The predicted octanol–water partition coefficient (Wildman–Crippen LogP) is 2.26. The second kappa shape index (κ2) is 5.28. The third-order valence-corrected chi connectivity index (χ3v) is 4.70. The molecule has 1 aliphatic rings. The van der Waals surface area contributed by atoms with E-state index in [0.29, 0.717) is 5.92 Å². The lowest BCUT2D eigenvalue weighted by molar-refractivity contribution is 0.279. The fraction of sp³-hybridized carbons (Fsp3) is 0.615. The van der Waals surface area contributed by atoms with Crippen LogP contribution in [0.3, 0.4) is 0 Å². The highest BCUT2D eigenvalue weighted by Gasteiger charge is 2.21. The highest BCUT2D eigenvalue weighted by atomic mass is 32.1. The fourth-order valence-electron chi connectivity index (χ4n) is 2.61. The maximum Gasteiger partial charge on any atom is 0.189 e. The van der Waals surface area contributed by atoms with Crippen molar-refractivity contribution in [2.45, 2.75) is 26.2 Å². The molecular formula is C13H18N4S. The van der Waals surface area contributed by atoms with E-state index in [1.807, 2.05) is 0 Å². The lowest BCUT2D eigenvalue weighted by Crippen LogP contribution is -2.33. The lowest BCUT2D eigenvalue weighted by atomic mass is 9.86. The summed E-state index contributed by atoms with van der Waals surface area (Å²) >= 11 is 1.68. The Morgan fingerprint density at radius 2 is 2.33 bits per heavy atom. The van der Waals surface area contributed by atoms with Crippen molar-refractivity contribution < 1.29 is 0 Å². The van der Waals surface area contributed by atoms with Crippen LogP contribution >= 0.6 is 11.3 Å². The number of fused-ring (bicyclic) bond motifs is 1. The van der Waals surface area contributed by atoms with E-state index in [2.05, 4.69) is 27.2 Å². The summed E-state index contributed by atoms with van der Waals surface area (Å²) in [4.78, 5) is 14.1. The van der Waals surface area contributed by atoms with E-state index in [1.165, 1.54) is 24.4 Å². The number of hydrogen-bond acceptors (Lipinski definition) is 5. The molecule has 0 spiro atoms. The molecule has 0 amide bonds. The molecule has 3 rings (SSSR count). The Bertz CT molecular complexity index is 485. The third kappa shape index (κ3) is 2.52. The Kier molecular flexibility index (Phi) is 3.52. The first-order valence-electron chi connectivity index (χ1n) is 6.60. The molecule has 2 unspecified atom stereocenters. The largest absolute Gasteiger partial charge is 0.316 e. The molecule has 2 atom stereocenters. The van der Waals surface area contributed by atoms with Gasteiger partial charge in [0.2, 0.25) is 0 Å². The van der Waals surface area contributed by atoms with Gasteiger partial charge in [-0.05, 0) is 37.8 Å². The molecule has 0 aliphatic carbocycles. The maximum atomic E-state index is 4.57. The van der Waals surface area contributed by atoms with Crippen molar-refractivity contribution in [3.63, 3.8) is 0 Å². The molecule has 0 saturated carbocycles. The maximum absolute atomic E-state index is 4.57. The van der Waals surface area contributed by atoms with Crippen LogP contribution in [-0.2, 0) is 6.42 Å². The molecule has 1 saturated heterocycles. The monoisotopic (exact) mass is 262 g/mol. The number of thiazole rings is 1. The first-order chi connectivity index (χ1) is 8.83. The van der Waals surface area contributed by atoms with Gasteiger partial charge in [0, 0.05) is 18.8 Å². The molecule has 0 bridgehead atoms. The van der Waals surface area contributed by atoms with E-state index in [9.17, 15) is 0 Å². The zero-order valence-corrected chi connectivity index (χ0v) is 11.4. The predicted molar refractivity (Wildman–Crippen MR) is 73.7 cm³/mol. The minimum absolute atomic E-state index is 0.679. The van der Waals surface area contributed by atoms with Crippen LogP contribution in [0, 0.1) is 11.8 Å². The second-order valence-corrected chi connectivity index (χ2v) is 6.14. The van der Waals surface area contributed by atoms with Crippen molar-refractivity contribution in [1.29, 1.82) is 0 Å². The smallest absolute Gasteiger partial charge is 0.189 e. The minimum atomic E-state index is 0.679. The Hall–Kier alpha value is -1.07. The summed E-state index contributed by atoms with van der Waals surface area (Å²) in [5, 5.41) is 4.66. The van der Waals surface area contributed by atoms with E-state index >= 15 is 0 Å². The molecule has 0 aromatic carbocycles. The third-order valence-electron chi connectivity index (χ3n) is 3.73. The number of aromatic nitrogens is 3. The molecule has 1 fully saturated rings. The first-order valence-corrected chi connectivity index (χ1v) is 7.41. The Labute approximate surface area is 111 Å². The Morgan fingerprint density at radius 1 is 1.44 bits per heavy atom. The number of nitrogens with one attached hydrogen (secondary N) is 1. The molecule has 2 aromatic heterocycles. The zero-order valence-electron chi connectivity index (χ0n) is 10.6. The zero-order chi connectivity index (χ0) is 12.4. The van der Waals surface area contributed by atoms with E-state index < -0.39 is 0 Å². The van der Waals surface area contributed by atoms with Gasteiger partial charge in [0.15, 0.2) is 10.5 Å². The SMILES string of the molecule is CC(Cc1nc2nccnc2s1)C1CCCNC1. The van der Waals surface area contributed by atoms with Gasteiger partial charge in [-0.3, -0.25) is 0 Å². The summed E-state index contributed by atoms with van der Waals surface area (Å²) in [6.45, 7) is 4.67. The molecule has 18 heavy (non-hydrogen) atoms. The van der Waals surface area contributed by atoms with Crippen LogP contribution in [0.15, 0.2) is 12.4 Å². The Balaban J connectivity index is 1.71. The molecule has 5 heteroatoms. The number of nitrogens with zero attached hydrogens (tertiary/aromatic N) is 3. The van der Waals surface area contributed by atoms with Gasteiger partial charge in [-0.2, -0.15) is 0 Å². The van der Waals surface area contributed by atoms with Crippen molar-refractivity contribution in [2.75, 3.05) is 13.1 Å². The van der Waals surface area contributed by atoms with Crippen molar-refractivity contribution in [3.05, 3.63) is 17.4 Å². The molecule has 0 radical (unpaired) electrons. The molecular weight excluding hydrogens is 244 g/mol. The van der Waals surface area contributed by atoms with Crippen LogP contribution in [-0.4, -0.2) is 28.0 Å². The standard InChI is InChI=1S/C13H18N4S/c1-9(10-3-2-4-14-8-10)7-11-17-12-13(18-11)16-6-5-15-12/h5-6,9-10,14H,2-4,7-8H2,1H3. The quantitative estimate of drug-likeness (QED) is 0.922. The van der Waals surface area contributed by atoms with Gasteiger partial charge in [0.25, 0.3) is 0 Å². The van der Waals surface area contributed by atoms with Crippen LogP contribution in [0.25, 0.3) is 10.5 Å². The van der Waals surface area contributed by atoms with Crippen LogP contribution in [0.2, 0.25) is 0 Å². The first kappa shape index (κ1) is 12.0. The molecule has 96 valence electrons. The summed E-state index contributed by atoms with van der Waals surface area (Å²) in [5.41, 5.74) is 0.798. The molecule has 4 nitrogen and oxygen atoms in total. The van der Waals surface area contributed by atoms with E-state index in [1.54, 1.807) is 23.7 Å². The highest BCUT2D eigenvalue weighted by molar-refractivity contribution is 7.18. The topological polar surface area (TPSA) is 50.7 Å². The average molecular weight is 262 g/mol. The highest BCUT2D eigenvalue weighted by Crippen LogP contribution is 2.26. The van der Waals surface area contributed by atoms with E-state index in [4.69, 9.17) is 0 Å². The summed E-state index contributed by atoms with van der Waals surface area (Å²) in [6, 6.07) is 0. The molecule has 3 heterocycles. The van der Waals surface area contributed by atoms with Crippen molar-refractivity contribution in [2.24, 2.45) is 11.8 Å². The van der Waals surface area contributed by atoms with Crippen LogP contribution in [0.4, 0.5) is 0 Å². The summed E-state index contributed by atoms with van der Waals surface area (Å²) in [7, 11) is 0.